The number of hydrogen-bond acceptors (Lipinski definition) is 4. The predicted octanol–water partition coefficient (Wildman–Crippen LogP) is 3.44. The third-order valence-electron chi connectivity index (χ3n) is 4.97. The predicted molar refractivity (Wildman–Crippen MR) is 98.5 cm³/mol. The van der Waals surface area contributed by atoms with Gasteiger partial charge in [0, 0.05) is 37.5 Å². The van der Waals surface area contributed by atoms with Crippen molar-refractivity contribution >= 4 is 11.7 Å². The maximum atomic E-state index is 13.7. The molecule has 1 aliphatic heterocycles. The quantitative estimate of drug-likeness (QED) is 0.715. The summed E-state index contributed by atoms with van der Waals surface area (Å²) in [6.07, 6.45) is -3.75. The molecule has 2 aromatic rings. The van der Waals surface area contributed by atoms with Gasteiger partial charge in [-0.1, -0.05) is 6.07 Å². The number of amides is 1. The van der Waals surface area contributed by atoms with Gasteiger partial charge in [-0.15, -0.1) is 0 Å². The second-order valence-electron chi connectivity index (χ2n) is 7.08. The number of carbonyl (C=O) groups is 1. The first kappa shape index (κ1) is 21.9. The molecule has 1 aliphatic rings. The van der Waals surface area contributed by atoms with Crippen LogP contribution in [0.1, 0.15) is 30.1 Å². The van der Waals surface area contributed by atoms with Crippen LogP contribution in [0, 0.1) is 17.6 Å². The number of piperidine rings is 1. The van der Waals surface area contributed by atoms with Crippen molar-refractivity contribution in [2.45, 2.75) is 25.1 Å². The van der Waals surface area contributed by atoms with E-state index in [0.717, 1.165) is 18.2 Å². The second kappa shape index (κ2) is 8.95. The van der Waals surface area contributed by atoms with Crippen LogP contribution in [0.2, 0.25) is 0 Å². The molecule has 0 bridgehead atoms. The van der Waals surface area contributed by atoms with Crippen LogP contribution in [0.15, 0.2) is 36.5 Å². The average Bonchev–Trinajstić information content (AvgIpc) is 2.71. The van der Waals surface area contributed by atoms with Crippen LogP contribution in [0.25, 0.3) is 0 Å². The number of aromatic nitrogens is 1. The molecule has 1 aromatic heterocycles. The molecule has 1 amide bonds. The van der Waals surface area contributed by atoms with Crippen LogP contribution < -0.4 is 10.2 Å². The molecule has 10 heteroatoms. The number of aliphatic hydroxyl groups is 1. The van der Waals surface area contributed by atoms with Crippen LogP contribution in [-0.4, -0.2) is 35.6 Å². The van der Waals surface area contributed by atoms with Gasteiger partial charge in [0.15, 0.2) is 0 Å². The fourth-order valence-electron chi connectivity index (χ4n) is 3.48. The number of hydrogen-bond donors (Lipinski definition) is 2. The minimum Gasteiger partial charge on any atom is -0.386 e. The number of benzene rings is 1. The van der Waals surface area contributed by atoms with Crippen molar-refractivity contribution < 1.29 is 31.9 Å². The lowest BCUT2D eigenvalue weighted by Gasteiger charge is -2.34. The highest BCUT2D eigenvalue weighted by atomic mass is 19.4. The third kappa shape index (κ3) is 5.05. The molecule has 3 rings (SSSR count). The molecule has 1 saturated heterocycles. The smallest absolute Gasteiger partial charge is 0.386 e. The average molecular weight is 429 g/mol. The molecular weight excluding hydrogens is 409 g/mol. The molecular formula is C20H20F5N3O2. The zero-order valence-electron chi connectivity index (χ0n) is 15.8. The Labute approximate surface area is 169 Å². The van der Waals surface area contributed by atoms with Crippen LogP contribution >= 0.6 is 0 Å². The van der Waals surface area contributed by atoms with E-state index in [1.54, 1.807) is 0 Å². The fourth-order valence-corrected chi connectivity index (χ4v) is 3.48. The largest absolute Gasteiger partial charge is 0.419 e. The first-order valence-electron chi connectivity index (χ1n) is 9.34. The van der Waals surface area contributed by atoms with Gasteiger partial charge in [-0.05, 0) is 31.0 Å². The molecule has 162 valence electrons. The fraction of sp³-hybridized carbons (Fsp3) is 0.400. The van der Waals surface area contributed by atoms with Gasteiger partial charge in [-0.2, -0.15) is 13.2 Å². The number of rotatable bonds is 5. The van der Waals surface area contributed by atoms with E-state index in [0.29, 0.717) is 25.5 Å². The Hall–Kier alpha value is -2.75. The van der Waals surface area contributed by atoms with Gasteiger partial charge in [0.05, 0.1) is 17.6 Å². The SMILES string of the molecule is O=C(NCC(O)c1ccc(F)cc1F)C1CCCN(c2ncccc2C(F)(F)F)C1. The minimum atomic E-state index is -4.57. The third-order valence-corrected chi connectivity index (χ3v) is 4.97. The van der Waals surface area contributed by atoms with Gasteiger partial charge in [0.1, 0.15) is 17.5 Å². The summed E-state index contributed by atoms with van der Waals surface area (Å²) in [5.41, 5.74) is -1.03. The highest BCUT2D eigenvalue weighted by Crippen LogP contribution is 2.36. The Bertz CT molecular complexity index is 906. The van der Waals surface area contributed by atoms with E-state index in [2.05, 4.69) is 10.3 Å². The number of pyridine rings is 1. The number of halogens is 5. The highest BCUT2D eigenvalue weighted by molar-refractivity contribution is 5.79. The summed E-state index contributed by atoms with van der Waals surface area (Å²) in [6.45, 7) is 0.0511. The molecule has 2 heterocycles. The topological polar surface area (TPSA) is 65.5 Å². The van der Waals surface area contributed by atoms with Gasteiger partial charge in [-0.3, -0.25) is 4.79 Å². The van der Waals surface area contributed by atoms with Gasteiger partial charge in [0.25, 0.3) is 0 Å². The first-order valence-corrected chi connectivity index (χ1v) is 9.34. The molecule has 2 N–H and O–H groups in total. The summed E-state index contributed by atoms with van der Waals surface area (Å²) in [5.74, 6) is -3.04. The summed E-state index contributed by atoms with van der Waals surface area (Å²) in [4.78, 5) is 17.8. The second-order valence-corrected chi connectivity index (χ2v) is 7.08. The van der Waals surface area contributed by atoms with Gasteiger partial charge >= 0.3 is 6.18 Å². The number of carbonyl (C=O) groups excluding carboxylic acids is 1. The summed E-state index contributed by atoms with van der Waals surface area (Å²) >= 11 is 0. The molecule has 1 aromatic carbocycles. The summed E-state index contributed by atoms with van der Waals surface area (Å²) < 4.78 is 66.5. The van der Waals surface area contributed by atoms with E-state index in [4.69, 9.17) is 0 Å². The minimum absolute atomic E-state index is 0.0347. The Balaban J connectivity index is 1.64. The van der Waals surface area contributed by atoms with Crippen LogP contribution in [-0.2, 0) is 11.0 Å². The van der Waals surface area contributed by atoms with Gasteiger partial charge < -0.3 is 15.3 Å². The van der Waals surface area contributed by atoms with Crippen LogP contribution in [0.4, 0.5) is 27.8 Å². The van der Waals surface area contributed by atoms with Gasteiger partial charge in [-0.25, -0.2) is 13.8 Å². The summed E-state index contributed by atoms with van der Waals surface area (Å²) in [5, 5.41) is 12.6. The van der Waals surface area contributed by atoms with E-state index >= 15 is 0 Å². The van der Waals surface area contributed by atoms with Crippen molar-refractivity contribution in [3.63, 3.8) is 0 Å². The zero-order valence-corrected chi connectivity index (χ0v) is 15.8. The first-order chi connectivity index (χ1) is 14.2. The van der Waals surface area contributed by atoms with Crippen LogP contribution in [0.3, 0.4) is 0 Å². The van der Waals surface area contributed by atoms with E-state index in [-0.39, 0.29) is 24.5 Å². The van der Waals surface area contributed by atoms with Crippen molar-refractivity contribution in [2.75, 3.05) is 24.5 Å². The van der Waals surface area contributed by atoms with E-state index in [9.17, 15) is 31.9 Å². The van der Waals surface area contributed by atoms with Gasteiger partial charge in [0.2, 0.25) is 5.91 Å². The van der Waals surface area contributed by atoms with Crippen molar-refractivity contribution in [1.82, 2.24) is 10.3 Å². The standard InChI is InChI=1S/C20H20F5N3O2/c21-13-5-6-14(16(22)9-13)17(29)10-27-19(30)12-3-2-8-28(11-12)18-15(20(23,24)25)4-1-7-26-18/h1,4-7,9,12,17,29H,2-3,8,10-11H2,(H,27,30). The number of anilines is 1. The molecule has 0 aliphatic carbocycles. The van der Waals surface area contributed by atoms with E-state index in [1.807, 2.05) is 0 Å². The van der Waals surface area contributed by atoms with Crippen molar-refractivity contribution in [3.8, 4) is 0 Å². The maximum absolute atomic E-state index is 13.7. The molecule has 30 heavy (non-hydrogen) atoms. The Morgan fingerprint density at radius 1 is 1.30 bits per heavy atom. The van der Waals surface area contributed by atoms with Crippen molar-refractivity contribution in [2.24, 2.45) is 5.92 Å². The number of nitrogens with one attached hydrogen (secondary N) is 1. The van der Waals surface area contributed by atoms with Crippen molar-refractivity contribution in [1.29, 1.82) is 0 Å². The molecule has 0 radical (unpaired) electrons. The lowest BCUT2D eigenvalue weighted by atomic mass is 9.96. The summed E-state index contributed by atoms with van der Waals surface area (Å²) in [7, 11) is 0. The zero-order chi connectivity index (χ0) is 21.9. The molecule has 1 fully saturated rings. The number of nitrogens with zero attached hydrogens (tertiary/aromatic N) is 2. The van der Waals surface area contributed by atoms with E-state index in [1.165, 1.54) is 17.2 Å². The Morgan fingerprint density at radius 3 is 2.77 bits per heavy atom. The number of aliphatic hydroxyl groups excluding tert-OH is 1. The lowest BCUT2D eigenvalue weighted by Crippen LogP contribution is -2.44. The Morgan fingerprint density at radius 2 is 2.07 bits per heavy atom. The normalized spacial score (nSPS) is 18.2. The molecule has 0 spiro atoms. The Kier molecular flexibility index (Phi) is 6.55. The van der Waals surface area contributed by atoms with Crippen LogP contribution in [0.5, 0.6) is 0 Å². The van der Waals surface area contributed by atoms with Crippen molar-refractivity contribution in [3.05, 3.63) is 59.3 Å². The maximum Gasteiger partial charge on any atom is 0.419 e. The molecule has 0 saturated carbocycles. The van der Waals surface area contributed by atoms with E-state index < -0.39 is 41.3 Å². The molecule has 2 unspecified atom stereocenters. The highest BCUT2D eigenvalue weighted by Gasteiger charge is 2.37. The number of alkyl halides is 3. The monoisotopic (exact) mass is 429 g/mol. The molecule has 5 nitrogen and oxygen atoms in total. The molecule has 2 atom stereocenters. The summed E-state index contributed by atoms with van der Waals surface area (Å²) in [6, 6.07) is 4.86. The lowest BCUT2D eigenvalue weighted by molar-refractivity contribution is -0.137.